The summed E-state index contributed by atoms with van der Waals surface area (Å²) in [4.78, 5) is 49.9. The Morgan fingerprint density at radius 2 is 1.76 bits per heavy atom. The van der Waals surface area contributed by atoms with E-state index in [1.807, 2.05) is 0 Å². The van der Waals surface area contributed by atoms with Crippen LogP contribution in [0.4, 0.5) is 5.69 Å². The number of phosphoric acid groups is 3. The fourth-order valence-corrected chi connectivity index (χ4v) is 4.66. The second-order valence-electron chi connectivity index (χ2n) is 4.30. The summed E-state index contributed by atoms with van der Waals surface area (Å²) in [6.07, 6.45) is 0.986. The minimum absolute atomic E-state index is 0.0521. The van der Waals surface area contributed by atoms with Crippen molar-refractivity contribution < 1.29 is 51.3 Å². The van der Waals surface area contributed by atoms with Gasteiger partial charge < -0.3 is 24.2 Å². The van der Waals surface area contributed by atoms with E-state index in [1.54, 1.807) is 0 Å². The Morgan fingerprint density at radius 3 is 2.32 bits per heavy atom. The Labute approximate surface area is 137 Å². The molecule has 2 atom stereocenters. The van der Waals surface area contributed by atoms with E-state index in [0.29, 0.717) is 0 Å². The third kappa shape index (κ3) is 5.44. The summed E-state index contributed by atoms with van der Waals surface area (Å²) in [6.45, 7) is 0. The van der Waals surface area contributed by atoms with Gasteiger partial charge in [0.15, 0.2) is 5.75 Å². The number of aromatic amines is 1. The first-order valence-electron chi connectivity index (χ1n) is 5.85. The first kappa shape index (κ1) is 19.7. The number of nitrogens with zero attached hydrogens (tertiary/aromatic N) is 1. The fraction of sp³-hybridized carbons (Fsp3) is 0. The van der Waals surface area contributed by atoms with Crippen LogP contribution in [0.15, 0.2) is 24.4 Å². The summed E-state index contributed by atoms with van der Waals surface area (Å²) in [5.74, 6) is -0.485. The largest absolute Gasteiger partial charge is 0.755 e. The summed E-state index contributed by atoms with van der Waals surface area (Å²) >= 11 is 0. The molecular weight excluding hydrogens is 409 g/mol. The lowest BCUT2D eigenvalue weighted by Crippen LogP contribution is -2.08. The lowest BCUT2D eigenvalue weighted by molar-refractivity contribution is -0.384. The number of nitrogens with one attached hydrogen (secondary N) is 1. The molecule has 1 aromatic carbocycles. The molecule has 2 rings (SSSR count). The van der Waals surface area contributed by atoms with Gasteiger partial charge in [-0.2, -0.15) is 0 Å². The molecule has 17 heteroatoms. The first-order valence-corrected chi connectivity index (χ1v) is 10.3. The number of aromatic nitrogens is 1. The predicted molar refractivity (Wildman–Crippen MR) is 77.2 cm³/mol. The lowest BCUT2D eigenvalue weighted by Gasteiger charge is -2.23. The van der Waals surface area contributed by atoms with Crippen molar-refractivity contribution in [1.82, 2.24) is 4.98 Å². The highest BCUT2D eigenvalue weighted by molar-refractivity contribution is 7.66. The topological polar surface area (TPSA) is 222 Å². The minimum atomic E-state index is -5.91. The van der Waals surface area contributed by atoms with Crippen LogP contribution in [-0.2, 0) is 22.3 Å². The molecule has 1 heterocycles. The van der Waals surface area contributed by atoms with Crippen LogP contribution in [0.3, 0.4) is 0 Å². The molecule has 0 aliphatic rings. The van der Waals surface area contributed by atoms with E-state index in [4.69, 9.17) is 9.79 Å². The number of hydrogen-bond acceptors (Lipinski definition) is 9. The van der Waals surface area contributed by atoms with Gasteiger partial charge in [0.05, 0.1) is 4.92 Å². The maximum absolute atomic E-state index is 11.7. The standard InChI is InChI=1S/C8H9N2O12P3/c11-10(12)5-1-2-7-6(3-5)8(4-9-7)20-24(16,17)22-25(18,19)21-23(13,14)15/h1-4,9H,(H,16,17)(H,18,19)(H2,13,14,15)/p-1. The van der Waals surface area contributed by atoms with Gasteiger partial charge in [-0.1, -0.05) is 0 Å². The summed E-state index contributed by atoms with van der Waals surface area (Å²) in [5, 5.41) is 10.7. The van der Waals surface area contributed by atoms with Gasteiger partial charge >= 0.3 is 15.6 Å². The summed E-state index contributed by atoms with van der Waals surface area (Å²) in [6, 6.07) is 3.38. The smallest absolute Gasteiger partial charge is 0.534 e. The summed E-state index contributed by atoms with van der Waals surface area (Å²) in [7, 11) is -16.9. The van der Waals surface area contributed by atoms with Gasteiger partial charge in [-0.15, -0.1) is 0 Å². The molecule has 4 N–H and O–H groups in total. The molecule has 0 fully saturated rings. The van der Waals surface area contributed by atoms with Crippen LogP contribution >= 0.6 is 23.5 Å². The van der Waals surface area contributed by atoms with E-state index in [-0.39, 0.29) is 16.6 Å². The molecule has 0 saturated heterocycles. The third-order valence-corrected chi connectivity index (χ3v) is 6.17. The number of nitro groups is 1. The van der Waals surface area contributed by atoms with Crippen molar-refractivity contribution in [3.63, 3.8) is 0 Å². The molecule has 0 aliphatic heterocycles. The molecule has 25 heavy (non-hydrogen) atoms. The monoisotopic (exact) mass is 417 g/mol. The van der Waals surface area contributed by atoms with Crippen molar-refractivity contribution in [2.75, 3.05) is 0 Å². The quantitative estimate of drug-likeness (QED) is 0.283. The highest BCUT2D eigenvalue weighted by atomic mass is 31.3. The van der Waals surface area contributed by atoms with Crippen molar-refractivity contribution in [2.45, 2.75) is 0 Å². The number of hydrogen-bond donors (Lipinski definition) is 4. The van der Waals surface area contributed by atoms with E-state index in [0.717, 1.165) is 18.3 Å². The van der Waals surface area contributed by atoms with Gasteiger partial charge in [-0.25, -0.2) is 17.8 Å². The van der Waals surface area contributed by atoms with Crippen molar-refractivity contribution in [3.8, 4) is 5.75 Å². The molecule has 2 aromatic rings. The highest BCUT2D eigenvalue weighted by Gasteiger charge is 2.35. The molecule has 0 saturated carbocycles. The zero-order valence-electron chi connectivity index (χ0n) is 11.6. The number of nitro benzene ring substituents is 1. The van der Waals surface area contributed by atoms with E-state index < -0.39 is 34.1 Å². The zero-order valence-corrected chi connectivity index (χ0v) is 14.3. The molecule has 14 nitrogen and oxygen atoms in total. The SMILES string of the molecule is O=[N+]([O-])c1ccc2[nH]cc(OP(=O)(O)OP(=O)([O-])OP(=O)(O)O)c2c1. The predicted octanol–water partition coefficient (Wildman–Crippen LogP) is 1.15. The van der Waals surface area contributed by atoms with Gasteiger partial charge in [0.1, 0.15) is 0 Å². The average Bonchev–Trinajstić information content (AvgIpc) is 2.76. The number of rotatable bonds is 7. The second-order valence-corrected chi connectivity index (χ2v) is 8.60. The van der Waals surface area contributed by atoms with Crippen LogP contribution in [0.1, 0.15) is 0 Å². The highest BCUT2D eigenvalue weighted by Crippen LogP contribution is 2.64. The van der Waals surface area contributed by atoms with Gasteiger partial charge in [-0.3, -0.25) is 19.6 Å². The third-order valence-electron chi connectivity index (χ3n) is 2.46. The van der Waals surface area contributed by atoms with Gasteiger partial charge in [0, 0.05) is 29.2 Å². The number of fused-ring (bicyclic) bond motifs is 1. The number of H-pyrrole nitrogens is 1. The Balaban J connectivity index is 2.28. The molecule has 1 aromatic heterocycles. The fourth-order valence-electron chi connectivity index (χ4n) is 1.68. The van der Waals surface area contributed by atoms with Crippen molar-refractivity contribution in [3.05, 3.63) is 34.5 Å². The average molecular weight is 417 g/mol. The number of non-ortho nitro benzene ring substituents is 1. The first-order chi connectivity index (χ1) is 11.3. The molecule has 0 amide bonds. The second kappa shape index (κ2) is 6.61. The van der Waals surface area contributed by atoms with E-state index in [9.17, 15) is 33.6 Å². The van der Waals surface area contributed by atoms with Crippen molar-refractivity contribution >= 4 is 40.1 Å². The minimum Gasteiger partial charge on any atom is -0.755 e. The van der Waals surface area contributed by atoms with Gasteiger partial charge in [0.25, 0.3) is 13.5 Å². The van der Waals surface area contributed by atoms with E-state index >= 15 is 0 Å². The Morgan fingerprint density at radius 1 is 1.12 bits per heavy atom. The Hall–Kier alpha value is -1.59. The number of benzene rings is 1. The Bertz CT molecular complexity index is 962. The lowest BCUT2D eigenvalue weighted by atomic mass is 10.2. The molecule has 0 bridgehead atoms. The maximum atomic E-state index is 11.7. The summed E-state index contributed by atoms with van der Waals surface area (Å²) < 4.78 is 44.7. The van der Waals surface area contributed by atoms with Crippen molar-refractivity contribution in [1.29, 1.82) is 0 Å². The van der Waals surface area contributed by atoms with Crippen LogP contribution in [-0.4, -0.2) is 24.6 Å². The van der Waals surface area contributed by atoms with Gasteiger partial charge in [-0.05, 0) is 6.07 Å². The maximum Gasteiger partial charge on any atom is 0.534 e. The Kier molecular flexibility index (Phi) is 5.22. The van der Waals surface area contributed by atoms with Gasteiger partial charge in [0.2, 0.25) is 0 Å². The van der Waals surface area contributed by atoms with Crippen LogP contribution in [0.2, 0.25) is 0 Å². The molecule has 2 unspecified atom stereocenters. The van der Waals surface area contributed by atoms with E-state index in [2.05, 4.69) is 18.1 Å². The van der Waals surface area contributed by atoms with Crippen LogP contribution in [0, 0.1) is 10.1 Å². The van der Waals surface area contributed by atoms with Crippen LogP contribution < -0.4 is 9.42 Å². The van der Waals surface area contributed by atoms with Crippen molar-refractivity contribution in [2.24, 2.45) is 0 Å². The zero-order chi connectivity index (χ0) is 19.0. The van der Waals surface area contributed by atoms with E-state index in [1.165, 1.54) is 6.07 Å². The normalized spacial score (nSPS) is 17.0. The molecule has 138 valence electrons. The summed E-state index contributed by atoms with van der Waals surface area (Å²) in [5.41, 5.74) is -0.137. The molecule has 0 radical (unpaired) electrons. The molecular formula is C8H8N2O12P3-. The number of phosphoric ester groups is 1. The van der Waals surface area contributed by atoms with Crippen LogP contribution in [0.25, 0.3) is 10.9 Å². The molecule has 0 spiro atoms. The molecule has 0 aliphatic carbocycles. The van der Waals surface area contributed by atoms with Crippen LogP contribution in [0.5, 0.6) is 5.75 Å².